The van der Waals surface area contributed by atoms with Gasteiger partial charge in [0.25, 0.3) is 5.91 Å². The van der Waals surface area contributed by atoms with Gasteiger partial charge in [0.15, 0.2) is 0 Å². The second-order valence-electron chi connectivity index (χ2n) is 3.45. The lowest BCUT2D eigenvalue weighted by Crippen LogP contribution is -2.49. The number of nitrogens with one attached hydrogen (secondary N) is 2. The molecule has 0 saturated carbocycles. The minimum atomic E-state index is -0.495. The van der Waals surface area contributed by atoms with Crippen molar-refractivity contribution in [2.24, 2.45) is 5.73 Å². The first-order valence-electron chi connectivity index (χ1n) is 4.62. The molecule has 1 heterocycles. The Kier molecular flexibility index (Phi) is 3.84. The van der Waals surface area contributed by atoms with Crippen molar-refractivity contribution in [3.8, 4) is 0 Å². The van der Waals surface area contributed by atoms with E-state index in [0.717, 1.165) is 19.4 Å². The molecule has 0 aromatic heterocycles. The second-order valence-corrected chi connectivity index (χ2v) is 3.45. The van der Waals surface area contributed by atoms with Gasteiger partial charge in [0, 0.05) is 0 Å². The summed E-state index contributed by atoms with van der Waals surface area (Å²) in [4.78, 5) is 23.8. The van der Waals surface area contributed by atoms with E-state index in [1.54, 1.807) is 0 Å². The van der Waals surface area contributed by atoms with Gasteiger partial charge in [-0.05, 0) is 26.4 Å². The van der Waals surface area contributed by atoms with E-state index in [9.17, 15) is 9.59 Å². The zero-order valence-corrected chi connectivity index (χ0v) is 8.25. The third kappa shape index (κ3) is 2.97. The number of likely N-dealkylation sites (N-methyl/N-ethyl adjacent to an activating group) is 1. The predicted molar refractivity (Wildman–Crippen MR) is 51.0 cm³/mol. The number of primary amides is 1. The lowest BCUT2D eigenvalue weighted by atomic mass is 10.2. The summed E-state index contributed by atoms with van der Waals surface area (Å²) in [5.74, 6) is -0.601. The summed E-state index contributed by atoms with van der Waals surface area (Å²) in [6, 6.07) is -0.0876. The average molecular weight is 200 g/mol. The Morgan fingerprint density at radius 2 is 2.29 bits per heavy atom. The first-order valence-corrected chi connectivity index (χ1v) is 4.62. The number of amides is 2. The molecule has 0 unspecified atom stereocenters. The quantitative estimate of drug-likeness (QED) is 0.467. The van der Waals surface area contributed by atoms with E-state index in [0.29, 0.717) is 0 Å². The van der Waals surface area contributed by atoms with Crippen molar-refractivity contribution in [2.45, 2.75) is 18.9 Å². The summed E-state index contributed by atoms with van der Waals surface area (Å²) >= 11 is 0. The normalized spacial score (nSPS) is 22.2. The third-order valence-corrected chi connectivity index (χ3v) is 2.30. The first-order chi connectivity index (χ1) is 6.61. The molecule has 1 fully saturated rings. The summed E-state index contributed by atoms with van der Waals surface area (Å²) < 4.78 is 0. The number of carbonyl (C=O) groups excluding carboxylic acids is 2. The van der Waals surface area contributed by atoms with E-state index in [4.69, 9.17) is 5.73 Å². The van der Waals surface area contributed by atoms with Gasteiger partial charge in [-0.15, -0.1) is 0 Å². The van der Waals surface area contributed by atoms with Crippen molar-refractivity contribution in [3.05, 3.63) is 0 Å². The van der Waals surface area contributed by atoms with Crippen molar-refractivity contribution in [2.75, 3.05) is 20.1 Å². The molecule has 1 atom stereocenters. The molecule has 6 nitrogen and oxygen atoms in total. The highest BCUT2D eigenvalue weighted by Crippen LogP contribution is 2.13. The van der Waals surface area contributed by atoms with Crippen LogP contribution in [-0.4, -0.2) is 42.9 Å². The van der Waals surface area contributed by atoms with E-state index < -0.39 is 5.91 Å². The zero-order chi connectivity index (χ0) is 10.6. The van der Waals surface area contributed by atoms with Gasteiger partial charge in [-0.2, -0.15) is 0 Å². The molecule has 1 aliphatic heterocycles. The number of rotatable bonds is 4. The molecule has 6 heteroatoms. The van der Waals surface area contributed by atoms with E-state index in [1.165, 1.54) is 0 Å². The summed E-state index contributed by atoms with van der Waals surface area (Å²) in [5, 5.41) is 0. The number of hydrogen-bond acceptors (Lipinski definition) is 4. The van der Waals surface area contributed by atoms with Crippen LogP contribution in [0.25, 0.3) is 0 Å². The summed E-state index contributed by atoms with van der Waals surface area (Å²) in [5.41, 5.74) is 9.83. The van der Waals surface area contributed by atoms with Crippen LogP contribution in [0.5, 0.6) is 0 Å². The van der Waals surface area contributed by atoms with Crippen molar-refractivity contribution in [3.63, 3.8) is 0 Å². The summed E-state index contributed by atoms with van der Waals surface area (Å²) in [6.45, 7) is 0.899. The average Bonchev–Trinajstić information content (AvgIpc) is 2.50. The van der Waals surface area contributed by atoms with Crippen LogP contribution in [0, 0.1) is 0 Å². The monoisotopic (exact) mass is 200 g/mol. The van der Waals surface area contributed by atoms with Gasteiger partial charge in [0.05, 0.1) is 12.6 Å². The van der Waals surface area contributed by atoms with E-state index in [2.05, 4.69) is 10.9 Å². The molecule has 14 heavy (non-hydrogen) atoms. The molecule has 1 rings (SSSR count). The number of carbonyl (C=O) groups is 2. The fourth-order valence-electron chi connectivity index (χ4n) is 1.54. The van der Waals surface area contributed by atoms with Crippen molar-refractivity contribution < 1.29 is 9.59 Å². The molecule has 1 aliphatic rings. The van der Waals surface area contributed by atoms with Gasteiger partial charge in [-0.3, -0.25) is 19.9 Å². The Balaban J connectivity index is 2.24. The van der Waals surface area contributed by atoms with E-state index in [1.807, 2.05) is 11.9 Å². The maximum atomic E-state index is 11.5. The van der Waals surface area contributed by atoms with Crippen LogP contribution >= 0.6 is 0 Å². The minimum Gasteiger partial charge on any atom is -0.369 e. The largest absolute Gasteiger partial charge is 0.369 e. The molecule has 80 valence electrons. The van der Waals surface area contributed by atoms with Crippen LogP contribution in [0.2, 0.25) is 0 Å². The first kappa shape index (κ1) is 10.9. The van der Waals surface area contributed by atoms with Crippen LogP contribution in [0.15, 0.2) is 0 Å². The molecule has 1 saturated heterocycles. The Bertz CT molecular complexity index is 231. The van der Waals surface area contributed by atoms with Gasteiger partial charge in [-0.25, -0.2) is 5.43 Å². The SMILES string of the molecule is CN1CCC[C@H]1C(=O)NNCC(N)=O. The van der Waals surface area contributed by atoms with Crippen LogP contribution < -0.4 is 16.6 Å². The maximum absolute atomic E-state index is 11.5. The highest BCUT2D eigenvalue weighted by Gasteiger charge is 2.27. The standard InChI is InChI=1S/C8H16N4O2/c1-12-4-2-3-6(12)8(14)11-10-5-7(9)13/h6,10H,2-5H2,1H3,(H2,9,13)(H,11,14)/t6-/m0/s1. The van der Waals surface area contributed by atoms with Crippen molar-refractivity contribution in [1.82, 2.24) is 15.8 Å². The summed E-state index contributed by atoms with van der Waals surface area (Å²) in [6.07, 6.45) is 1.89. The Hall–Kier alpha value is -1.14. The molecule has 4 N–H and O–H groups in total. The second kappa shape index (κ2) is 4.92. The minimum absolute atomic E-state index is 0.0395. The van der Waals surface area contributed by atoms with Gasteiger partial charge < -0.3 is 5.73 Å². The number of nitrogens with zero attached hydrogens (tertiary/aromatic N) is 1. The summed E-state index contributed by atoms with van der Waals surface area (Å²) in [7, 11) is 1.91. The van der Waals surface area contributed by atoms with Gasteiger partial charge in [-0.1, -0.05) is 0 Å². The number of likely N-dealkylation sites (tertiary alicyclic amines) is 1. The lowest BCUT2D eigenvalue weighted by Gasteiger charge is -2.18. The highest BCUT2D eigenvalue weighted by atomic mass is 16.2. The predicted octanol–water partition coefficient (Wildman–Crippen LogP) is -1.81. The highest BCUT2D eigenvalue weighted by molar-refractivity contribution is 5.82. The molecule has 0 radical (unpaired) electrons. The molecular weight excluding hydrogens is 184 g/mol. The van der Waals surface area contributed by atoms with E-state index in [-0.39, 0.29) is 18.5 Å². The van der Waals surface area contributed by atoms with Crippen LogP contribution in [-0.2, 0) is 9.59 Å². The van der Waals surface area contributed by atoms with Crippen LogP contribution in [0.4, 0.5) is 0 Å². The van der Waals surface area contributed by atoms with Crippen LogP contribution in [0.1, 0.15) is 12.8 Å². The Morgan fingerprint density at radius 1 is 1.57 bits per heavy atom. The lowest BCUT2D eigenvalue weighted by molar-refractivity contribution is -0.126. The zero-order valence-electron chi connectivity index (χ0n) is 8.25. The molecule has 0 bridgehead atoms. The Labute approximate surface area is 82.8 Å². The fourth-order valence-corrected chi connectivity index (χ4v) is 1.54. The molecule has 0 aromatic rings. The number of hydrazine groups is 1. The number of hydrogen-bond donors (Lipinski definition) is 3. The molecular formula is C8H16N4O2. The topological polar surface area (TPSA) is 87.5 Å². The van der Waals surface area contributed by atoms with Gasteiger partial charge in [0.2, 0.25) is 5.91 Å². The molecule has 2 amide bonds. The van der Waals surface area contributed by atoms with Crippen molar-refractivity contribution >= 4 is 11.8 Å². The smallest absolute Gasteiger partial charge is 0.251 e. The van der Waals surface area contributed by atoms with Gasteiger partial charge in [0.1, 0.15) is 0 Å². The number of nitrogens with two attached hydrogens (primary N) is 1. The van der Waals surface area contributed by atoms with E-state index >= 15 is 0 Å². The molecule has 0 aliphatic carbocycles. The van der Waals surface area contributed by atoms with Crippen LogP contribution in [0.3, 0.4) is 0 Å². The molecule has 0 spiro atoms. The third-order valence-electron chi connectivity index (χ3n) is 2.30. The van der Waals surface area contributed by atoms with Crippen molar-refractivity contribution in [1.29, 1.82) is 0 Å². The molecule has 0 aromatic carbocycles. The van der Waals surface area contributed by atoms with Gasteiger partial charge >= 0.3 is 0 Å². The Morgan fingerprint density at radius 3 is 2.79 bits per heavy atom. The maximum Gasteiger partial charge on any atom is 0.251 e. The fraction of sp³-hybridized carbons (Fsp3) is 0.750.